The Labute approximate surface area is 110 Å². The van der Waals surface area contributed by atoms with Gasteiger partial charge in [0.15, 0.2) is 0 Å². The fourth-order valence-electron chi connectivity index (χ4n) is 1.17. The van der Waals surface area contributed by atoms with Gasteiger partial charge in [0.05, 0.1) is 5.56 Å². The summed E-state index contributed by atoms with van der Waals surface area (Å²) in [6, 6.07) is 3.47. The second kappa shape index (κ2) is 5.71. The quantitative estimate of drug-likeness (QED) is 0.924. The van der Waals surface area contributed by atoms with E-state index in [9.17, 15) is 18.0 Å². The van der Waals surface area contributed by atoms with Crippen LogP contribution >= 0.6 is 15.9 Å². The van der Waals surface area contributed by atoms with E-state index in [1.54, 1.807) is 0 Å². The Bertz CT molecular complexity index is 448. The summed E-state index contributed by atoms with van der Waals surface area (Å²) in [7, 11) is 1.34. The standard InChI is InChI=1S/C11H11BrF3NO2/c1-6(18-2)10(17)16-7-3-4-9(12)8(5-7)11(13,14)15/h3-6H,1-2H3,(H,16,17). The Kier molecular flexibility index (Phi) is 4.75. The van der Waals surface area contributed by atoms with Crippen molar-refractivity contribution in [1.82, 2.24) is 0 Å². The summed E-state index contributed by atoms with van der Waals surface area (Å²) in [5.74, 6) is -0.507. The van der Waals surface area contributed by atoms with Gasteiger partial charge >= 0.3 is 6.18 Å². The highest BCUT2D eigenvalue weighted by atomic mass is 79.9. The third kappa shape index (κ3) is 3.71. The SMILES string of the molecule is COC(C)C(=O)Nc1ccc(Br)c(C(F)(F)F)c1. The molecule has 1 rings (SSSR count). The summed E-state index contributed by atoms with van der Waals surface area (Å²) in [5.41, 5.74) is -0.773. The number of rotatable bonds is 3. The van der Waals surface area contributed by atoms with Gasteiger partial charge in [-0.1, -0.05) is 15.9 Å². The molecular formula is C11H11BrF3NO2. The monoisotopic (exact) mass is 325 g/mol. The Morgan fingerprint density at radius 2 is 2.06 bits per heavy atom. The van der Waals surface area contributed by atoms with Crippen molar-refractivity contribution in [2.24, 2.45) is 0 Å². The molecule has 0 saturated carbocycles. The zero-order valence-corrected chi connectivity index (χ0v) is 11.2. The molecule has 1 aromatic carbocycles. The molecule has 0 saturated heterocycles. The fraction of sp³-hybridized carbons (Fsp3) is 0.364. The first-order chi connectivity index (χ1) is 8.25. The second-order valence-electron chi connectivity index (χ2n) is 3.56. The maximum Gasteiger partial charge on any atom is 0.417 e. The van der Waals surface area contributed by atoms with Gasteiger partial charge in [-0.3, -0.25) is 4.79 Å². The van der Waals surface area contributed by atoms with Crippen molar-refractivity contribution in [2.45, 2.75) is 19.2 Å². The minimum atomic E-state index is -4.48. The van der Waals surface area contributed by atoms with Gasteiger partial charge in [-0.05, 0) is 25.1 Å². The largest absolute Gasteiger partial charge is 0.417 e. The number of ether oxygens (including phenoxy) is 1. The molecule has 0 aliphatic rings. The van der Waals surface area contributed by atoms with Crippen LogP contribution in [-0.4, -0.2) is 19.1 Å². The van der Waals surface area contributed by atoms with Crippen LogP contribution in [0.15, 0.2) is 22.7 Å². The molecule has 0 radical (unpaired) electrons. The van der Waals surface area contributed by atoms with E-state index in [-0.39, 0.29) is 10.2 Å². The van der Waals surface area contributed by atoms with E-state index in [1.165, 1.54) is 26.2 Å². The molecule has 18 heavy (non-hydrogen) atoms. The molecule has 100 valence electrons. The maximum atomic E-state index is 12.6. The van der Waals surface area contributed by atoms with Gasteiger partial charge in [-0.2, -0.15) is 13.2 Å². The van der Waals surface area contributed by atoms with Crippen molar-refractivity contribution in [3.63, 3.8) is 0 Å². The van der Waals surface area contributed by atoms with Crippen LogP contribution in [0.1, 0.15) is 12.5 Å². The minimum absolute atomic E-state index is 0.0689. The molecule has 0 heterocycles. The molecule has 1 aromatic rings. The first-order valence-corrected chi connectivity index (χ1v) is 5.75. The Balaban J connectivity index is 2.96. The van der Waals surface area contributed by atoms with E-state index >= 15 is 0 Å². The lowest BCUT2D eigenvalue weighted by atomic mass is 10.2. The molecule has 3 nitrogen and oxygen atoms in total. The van der Waals surface area contributed by atoms with Gasteiger partial charge in [0, 0.05) is 17.3 Å². The molecule has 0 fully saturated rings. The van der Waals surface area contributed by atoms with Crippen LogP contribution in [0, 0.1) is 0 Å². The number of carbonyl (C=O) groups excluding carboxylic acids is 1. The molecule has 7 heteroatoms. The smallest absolute Gasteiger partial charge is 0.372 e. The highest BCUT2D eigenvalue weighted by molar-refractivity contribution is 9.10. The Morgan fingerprint density at radius 3 is 2.56 bits per heavy atom. The number of anilines is 1. The summed E-state index contributed by atoms with van der Waals surface area (Å²) >= 11 is 2.82. The first-order valence-electron chi connectivity index (χ1n) is 4.96. The van der Waals surface area contributed by atoms with E-state index in [4.69, 9.17) is 4.74 Å². The average molecular weight is 326 g/mol. The van der Waals surface area contributed by atoms with E-state index in [0.29, 0.717) is 0 Å². The van der Waals surface area contributed by atoms with Crippen molar-refractivity contribution in [3.05, 3.63) is 28.2 Å². The first kappa shape index (κ1) is 15.0. The molecule has 0 aromatic heterocycles. The van der Waals surface area contributed by atoms with Crippen LogP contribution in [0.4, 0.5) is 18.9 Å². The van der Waals surface area contributed by atoms with Crippen LogP contribution in [0.5, 0.6) is 0 Å². The normalized spacial score (nSPS) is 13.2. The molecule has 0 aliphatic heterocycles. The zero-order valence-electron chi connectivity index (χ0n) is 9.64. The lowest BCUT2D eigenvalue weighted by molar-refractivity contribution is -0.138. The number of alkyl halides is 3. The number of carbonyl (C=O) groups is 1. The van der Waals surface area contributed by atoms with Gasteiger partial charge in [0.1, 0.15) is 6.10 Å². The van der Waals surface area contributed by atoms with Crippen LogP contribution < -0.4 is 5.32 Å². The predicted octanol–water partition coefficient (Wildman–Crippen LogP) is 3.44. The summed E-state index contributed by atoms with van der Waals surface area (Å²) in [4.78, 5) is 11.5. The van der Waals surface area contributed by atoms with Crippen LogP contribution in [0.25, 0.3) is 0 Å². The highest BCUT2D eigenvalue weighted by Gasteiger charge is 2.33. The predicted molar refractivity (Wildman–Crippen MR) is 64.2 cm³/mol. The molecule has 0 aliphatic carbocycles. The van der Waals surface area contributed by atoms with E-state index in [1.807, 2.05) is 0 Å². The number of benzene rings is 1. The molecule has 1 amide bonds. The van der Waals surface area contributed by atoms with Gasteiger partial charge in [0.25, 0.3) is 5.91 Å². The van der Waals surface area contributed by atoms with Gasteiger partial charge in [-0.25, -0.2) is 0 Å². The average Bonchev–Trinajstić information content (AvgIpc) is 2.29. The second-order valence-corrected chi connectivity index (χ2v) is 4.41. The summed E-state index contributed by atoms with van der Waals surface area (Å²) in [5, 5.41) is 2.35. The molecule has 1 N–H and O–H groups in total. The fourth-order valence-corrected chi connectivity index (χ4v) is 1.64. The molecule has 1 atom stereocenters. The van der Waals surface area contributed by atoms with Crippen molar-refractivity contribution in [3.8, 4) is 0 Å². The van der Waals surface area contributed by atoms with E-state index in [2.05, 4.69) is 21.2 Å². The number of hydrogen-bond donors (Lipinski definition) is 1. The van der Waals surface area contributed by atoms with Gasteiger partial charge in [0.2, 0.25) is 0 Å². The number of methoxy groups -OCH3 is 1. The van der Waals surface area contributed by atoms with Crippen LogP contribution in [0.3, 0.4) is 0 Å². The topological polar surface area (TPSA) is 38.3 Å². The molecule has 1 unspecified atom stereocenters. The van der Waals surface area contributed by atoms with Crippen LogP contribution in [0.2, 0.25) is 0 Å². The van der Waals surface area contributed by atoms with Crippen molar-refractivity contribution < 1.29 is 22.7 Å². The van der Waals surface area contributed by atoms with E-state index < -0.39 is 23.8 Å². The third-order valence-corrected chi connectivity index (χ3v) is 2.95. The lowest BCUT2D eigenvalue weighted by Crippen LogP contribution is -2.26. The number of halogens is 4. The minimum Gasteiger partial charge on any atom is -0.372 e. The molecular weight excluding hydrogens is 315 g/mol. The highest BCUT2D eigenvalue weighted by Crippen LogP contribution is 2.36. The van der Waals surface area contributed by atoms with Crippen LogP contribution in [-0.2, 0) is 15.7 Å². The Morgan fingerprint density at radius 1 is 1.44 bits per heavy atom. The van der Waals surface area contributed by atoms with Gasteiger partial charge < -0.3 is 10.1 Å². The zero-order chi connectivity index (χ0) is 13.9. The summed E-state index contributed by atoms with van der Waals surface area (Å²) < 4.78 is 42.6. The number of nitrogens with one attached hydrogen (secondary N) is 1. The lowest BCUT2D eigenvalue weighted by Gasteiger charge is -2.13. The van der Waals surface area contributed by atoms with Crippen molar-refractivity contribution in [2.75, 3.05) is 12.4 Å². The van der Waals surface area contributed by atoms with Crippen molar-refractivity contribution in [1.29, 1.82) is 0 Å². The molecule has 0 spiro atoms. The summed E-state index contributed by atoms with van der Waals surface area (Å²) in [6.07, 6.45) is -5.21. The Hall–Kier alpha value is -1.08. The molecule has 0 bridgehead atoms. The summed E-state index contributed by atoms with van der Waals surface area (Å²) in [6.45, 7) is 1.50. The van der Waals surface area contributed by atoms with Gasteiger partial charge in [-0.15, -0.1) is 0 Å². The van der Waals surface area contributed by atoms with E-state index in [0.717, 1.165) is 6.07 Å². The number of amides is 1. The maximum absolute atomic E-state index is 12.6. The number of hydrogen-bond acceptors (Lipinski definition) is 2. The van der Waals surface area contributed by atoms with Crippen molar-refractivity contribution >= 4 is 27.5 Å². The third-order valence-electron chi connectivity index (χ3n) is 2.26.